The van der Waals surface area contributed by atoms with E-state index in [1.54, 1.807) is 0 Å². The van der Waals surface area contributed by atoms with Crippen LogP contribution in [0.1, 0.15) is 24.4 Å². The summed E-state index contributed by atoms with van der Waals surface area (Å²) < 4.78 is 10.1. The third kappa shape index (κ3) is 4.22. The van der Waals surface area contributed by atoms with Gasteiger partial charge in [0.15, 0.2) is 11.5 Å². The van der Waals surface area contributed by atoms with E-state index >= 15 is 0 Å². The molecule has 3 N–H and O–H groups in total. The first-order chi connectivity index (χ1) is 9.04. The van der Waals surface area contributed by atoms with Gasteiger partial charge in [0.1, 0.15) is 0 Å². The van der Waals surface area contributed by atoms with Crippen LogP contribution in [0.5, 0.6) is 11.5 Å². The Morgan fingerprint density at radius 2 is 1.90 bits per heavy atom. The third-order valence-electron chi connectivity index (χ3n) is 2.80. The average Bonchev–Trinajstić information content (AvgIpc) is 2.42. The molecule has 1 rings (SSSR count). The largest absolute Gasteiger partial charge is 0.493 e. The van der Waals surface area contributed by atoms with E-state index in [0.29, 0.717) is 24.2 Å². The number of rotatable bonds is 7. The minimum atomic E-state index is -0.535. The molecule has 0 radical (unpaired) electrons. The fraction of sp³-hybridized carbons (Fsp3) is 0.500. The van der Waals surface area contributed by atoms with Crippen molar-refractivity contribution >= 4 is 18.1 Å². The first-order valence-electron chi connectivity index (χ1n) is 5.81. The molecule has 0 aliphatic carbocycles. The lowest BCUT2D eigenvalue weighted by molar-refractivity contribution is -0.385. The van der Waals surface area contributed by atoms with Crippen LogP contribution in [-0.2, 0) is 0 Å². The van der Waals surface area contributed by atoms with Gasteiger partial charge in [-0.25, -0.2) is 0 Å². The highest BCUT2D eigenvalue weighted by molar-refractivity contribution is 5.85. The van der Waals surface area contributed by atoms with Crippen LogP contribution in [0.2, 0.25) is 0 Å². The van der Waals surface area contributed by atoms with Crippen LogP contribution in [0.3, 0.4) is 0 Å². The van der Waals surface area contributed by atoms with Crippen molar-refractivity contribution in [3.8, 4) is 11.5 Å². The Hall–Kier alpha value is -1.57. The lowest BCUT2D eigenvalue weighted by Crippen LogP contribution is -2.13. The Morgan fingerprint density at radius 1 is 1.35 bits per heavy atom. The van der Waals surface area contributed by atoms with Crippen LogP contribution < -0.4 is 15.2 Å². The van der Waals surface area contributed by atoms with Crippen molar-refractivity contribution in [2.24, 2.45) is 5.73 Å². The molecule has 0 saturated heterocycles. The number of nitrogens with two attached hydrogens (primary N) is 1. The molecule has 0 bridgehead atoms. The second-order valence-corrected chi connectivity index (χ2v) is 4.00. The van der Waals surface area contributed by atoms with Gasteiger partial charge >= 0.3 is 0 Å². The molecule has 0 heterocycles. The highest BCUT2D eigenvalue weighted by Crippen LogP contribution is 2.37. The van der Waals surface area contributed by atoms with Crippen molar-refractivity contribution in [3.63, 3.8) is 0 Å². The first-order valence-corrected chi connectivity index (χ1v) is 5.81. The van der Waals surface area contributed by atoms with Crippen molar-refractivity contribution in [3.05, 3.63) is 27.8 Å². The van der Waals surface area contributed by atoms with Crippen LogP contribution in [-0.4, -0.2) is 30.9 Å². The SMILES string of the molecule is COc1cc([C@@H](N)CCCO)c([N+](=O)[O-])cc1OC.Cl. The molecule has 7 nitrogen and oxygen atoms in total. The Kier molecular flexibility index (Phi) is 7.90. The molecule has 0 unspecified atom stereocenters. The van der Waals surface area contributed by atoms with Crippen molar-refractivity contribution in [1.29, 1.82) is 0 Å². The number of aliphatic hydroxyl groups is 1. The van der Waals surface area contributed by atoms with E-state index in [2.05, 4.69) is 0 Å². The van der Waals surface area contributed by atoms with Crippen LogP contribution in [0.4, 0.5) is 5.69 Å². The molecule has 1 aromatic rings. The minimum absolute atomic E-state index is 0. The van der Waals surface area contributed by atoms with Gasteiger partial charge in [0.05, 0.1) is 30.8 Å². The van der Waals surface area contributed by atoms with Crippen molar-refractivity contribution in [2.75, 3.05) is 20.8 Å². The number of ether oxygens (including phenoxy) is 2. The summed E-state index contributed by atoms with van der Waals surface area (Å²) in [6.45, 7) is -0.00517. The van der Waals surface area contributed by atoms with E-state index in [-0.39, 0.29) is 30.5 Å². The topological polar surface area (TPSA) is 108 Å². The summed E-state index contributed by atoms with van der Waals surface area (Å²) in [5, 5.41) is 19.9. The Morgan fingerprint density at radius 3 is 2.35 bits per heavy atom. The van der Waals surface area contributed by atoms with Gasteiger partial charge in [0, 0.05) is 12.6 Å². The summed E-state index contributed by atoms with van der Waals surface area (Å²) in [6, 6.07) is 2.28. The number of benzene rings is 1. The van der Waals surface area contributed by atoms with Gasteiger partial charge < -0.3 is 20.3 Å². The van der Waals surface area contributed by atoms with Crippen molar-refractivity contribution in [2.45, 2.75) is 18.9 Å². The second-order valence-electron chi connectivity index (χ2n) is 4.00. The van der Waals surface area contributed by atoms with Gasteiger partial charge in [-0.15, -0.1) is 12.4 Å². The lowest BCUT2D eigenvalue weighted by atomic mass is 10.0. The highest BCUT2D eigenvalue weighted by Gasteiger charge is 2.23. The number of aliphatic hydroxyl groups excluding tert-OH is 1. The maximum absolute atomic E-state index is 11.1. The predicted molar refractivity (Wildman–Crippen MR) is 76.7 cm³/mol. The fourth-order valence-corrected chi connectivity index (χ4v) is 1.81. The maximum atomic E-state index is 11.1. The molecule has 0 saturated carbocycles. The molecule has 0 fully saturated rings. The van der Waals surface area contributed by atoms with E-state index in [1.165, 1.54) is 26.4 Å². The molecule has 0 aromatic heterocycles. The van der Waals surface area contributed by atoms with Gasteiger partial charge in [-0.05, 0) is 18.9 Å². The molecule has 0 aliphatic heterocycles. The molecule has 8 heteroatoms. The van der Waals surface area contributed by atoms with E-state index < -0.39 is 11.0 Å². The van der Waals surface area contributed by atoms with Crippen LogP contribution in [0, 0.1) is 10.1 Å². The standard InChI is InChI=1S/C12H18N2O5.ClH/c1-18-11-6-8(9(13)4-3-5-15)10(14(16)17)7-12(11)19-2;/h6-7,9,15H,3-5,13H2,1-2H3;1H/t9-;/m0./s1. The van der Waals surface area contributed by atoms with Gasteiger partial charge in [-0.1, -0.05) is 0 Å². The summed E-state index contributed by atoms with van der Waals surface area (Å²) in [4.78, 5) is 10.6. The molecule has 0 amide bonds. The summed E-state index contributed by atoms with van der Waals surface area (Å²) in [7, 11) is 2.86. The number of methoxy groups -OCH3 is 2. The molecular formula is C12H19ClN2O5. The van der Waals surface area contributed by atoms with Gasteiger partial charge in [0.25, 0.3) is 5.69 Å². The van der Waals surface area contributed by atoms with Crippen LogP contribution in [0.25, 0.3) is 0 Å². The second kappa shape index (κ2) is 8.57. The first kappa shape index (κ1) is 18.4. The molecule has 0 spiro atoms. The predicted octanol–water partition coefficient (Wildman–Crippen LogP) is 1.81. The smallest absolute Gasteiger partial charge is 0.278 e. The number of hydrogen-bond donors (Lipinski definition) is 2. The zero-order chi connectivity index (χ0) is 14.4. The van der Waals surface area contributed by atoms with Gasteiger partial charge in [0.2, 0.25) is 0 Å². The zero-order valence-electron chi connectivity index (χ0n) is 11.4. The summed E-state index contributed by atoms with van der Waals surface area (Å²) >= 11 is 0. The molecule has 20 heavy (non-hydrogen) atoms. The lowest BCUT2D eigenvalue weighted by Gasteiger charge is -2.15. The Balaban J connectivity index is 0.00000361. The Labute approximate surface area is 123 Å². The van der Waals surface area contributed by atoms with E-state index in [1.807, 2.05) is 0 Å². The number of hydrogen-bond acceptors (Lipinski definition) is 6. The van der Waals surface area contributed by atoms with Crippen molar-refractivity contribution < 1.29 is 19.5 Å². The molecule has 1 aromatic carbocycles. The highest BCUT2D eigenvalue weighted by atomic mass is 35.5. The van der Waals surface area contributed by atoms with Gasteiger partial charge in [-0.3, -0.25) is 10.1 Å². The number of nitro groups is 1. The van der Waals surface area contributed by atoms with E-state index in [4.69, 9.17) is 20.3 Å². The molecule has 0 aliphatic rings. The summed E-state index contributed by atoms with van der Waals surface area (Å²) in [5.74, 6) is 0.676. The average molecular weight is 307 g/mol. The number of nitrogens with zero attached hydrogens (tertiary/aromatic N) is 1. The minimum Gasteiger partial charge on any atom is -0.493 e. The number of nitro benzene ring substituents is 1. The number of halogens is 1. The van der Waals surface area contributed by atoms with E-state index in [9.17, 15) is 10.1 Å². The molecule has 1 atom stereocenters. The normalized spacial score (nSPS) is 11.4. The quantitative estimate of drug-likeness (QED) is 0.587. The van der Waals surface area contributed by atoms with Gasteiger partial charge in [-0.2, -0.15) is 0 Å². The Bertz CT molecular complexity index is 456. The zero-order valence-corrected chi connectivity index (χ0v) is 12.2. The fourth-order valence-electron chi connectivity index (χ4n) is 1.81. The van der Waals surface area contributed by atoms with Crippen molar-refractivity contribution in [1.82, 2.24) is 0 Å². The van der Waals surface area contributed by atoms with Crippen LogP contribution in [0.15, 0.2) is 12.1 Å². The summed E-state index contributed by atoms with van der Waals surface area (Å²) in [6.07, 6.45) is 0.930. The monoisotopic (exact) mass is 306 g/mol. The molecule has 114 valence electrons. The summed E-state index contributed by atoms with van der Waals surface area (Å²) in [5.41, 5.74) is 6.19. The maximum Gasteiger partial charge on any atom is 0.278 e. The third-order valence-corrected chi connectivity index (χ3v) is 2.80. The van der Waals surface area contributed by atoms with Crippen LogP contribution >= 0.6 is 12.4 Å². The van der Waals surface area contributed by atoms with E-state index in [0.717, 1.165) is 0 Å². The molecular weight excluding hydrogens is 288 g/mol.